The van der Waals surface area contributed by atoms with Crippen molar-refractivity contribution in [3.63, 3.8) is 0 Å². The highest BCUT2D eigenvalue weighted by Crippen LogP contribution is 2.45. The molecular weight excluding hydrogens is 458 g/mol. The van der Waals surface area contributed by atoms with E-state index >= 15 is 0 Å². The van der Waals surface area contributed by atoms with Gasteiger partial charge in [-0.15, -0.1) is 0 Å². The maximum Gasteiger partial charge on any atom is 0.306 e. The molecule has 7 nitrogen and oxygen atoms in total. The van der Waals surface area contributed by atoms with E-state index in [1.165, 1.54) is 11.1 Å². The van der Waals surface area contributed by atoms with Crippen molar-refractivity contribution in [2.75, 3.05) is 33.9 Å². The fourth-order valence-electron chi connectivity index (χ4n) is 6.83. The largest absolute Gasteiger partial charge is 0.493 e. The normalized spacial score (nSPS) is 28.2. The third-order valence-electron chi connectivity index (χ3n) is 8.66. The Labute approximate surface area is 215 Å². The summed E-state index contributed by atoms with van der Waals surface area (Å²) in [6, 6.07) is 4.52. The van der Waals surface area contributed by atoms with Crippen molar-refractivity contribution in [3.05, 3.63) is 23.3 Å². The summed E-state index contributed by atoms with van der Waals surface area (Å²) < 4.78 is 17.0. The molecule has 1 aliphatic carbocycles. The van der Waals surface area contributed by atoms with Crippen molar-refractivity contribution in [2.24, 2.45) is 29.6 Å². The van der Waals surface area contributed by atoms with Crippen molar-refractivity contribution in [1.82, 2.24) is 4.90 Å². The minimum absolute atomic E-state index is 0.107. The molecule has 36 heavy (non-hydrogen) atoms. The molecule has 1 aromatic carbocycles. The van der Waals surface area contributed by atoms with Crippen LogP contribution in [0.15, 0.2) is 12.1 Å². The molecule has 4 rings (SSSR count). The molecule has 0 radical (unpaired) electrons. The van der Waals surface area contributed by atoms with E-state index in [-0.39, 0.29) is 30.3 Å². The highest BCUT2D eigenvalue weighted by Gasteiger charge is 2.40. The number of carboxylic acids is 1. The molecule has 0 aromatic heterocycles. The summed E-state index contributed by atoms with van der Waals surface area (Å²) in [4.78, 5) is 27.1. The lowest BCUT2D eigenvalue weighted by atomic mass is 9.74. The van der Waals surface area contributed by atoms with Crippen molar-refractivity contribution in [2.45, 2.75) is 71.3 Å². The lowest BCUT2D eigenvalue weighted by Crippen LogP contribution is -2.47. The van der Waals surface area contributed by atoms with Crippen LogP contribution in [0.25, 0.3) is 0 Å². The Morgan fingerprint density at radius 2 is 1.78 bits per heavy atom. The van der Waals surface area contributed by atoms with Gasteiger partial charge in [0.05, 0.1) is 26.7 Å². The van der Waals surface area contributed by atoms with Gasteiger partial charge in [-0.05, 0) is 79.0 Å². The van der Waals surface area contributed by atoms with Crippen molar-refractivity contribution in [3.8, 4) is 11.5 Å². The van der Waals surface area contributed by atoms with Crippen LogP contribution in [-0.4, -0.2) is 55.9 Å². The molecule has 200 valence electrons. The molecule has 1 N–H and O–H groups in total. The molecule has 1 saturated carbocycles. The average molecular weight is 502 g/mol. The quantitative estimate of drug-likeness (QED) is 0.471. The lowest BCUT2D eigenvalue weighted by Gasteiger charge is -2.47. The number of fused-ring (bicyclic) bond motifs is 3. The number of benzene rings is 1. The monoisotopic (exact) mass is 501 g/mol. The van der Waals surface area contributed by atoms with Crippen LogP contribution in [0.1, 0.15) is 76.0 Å². The fourth-order valence-corrected chi connectivity index (χ4v) is 6.83. The Kier molecular flexibility index (Phi) is 8.81. The first-order chi connectivity index (χ1) is 17.3. The first-order valence-corrected chi connectivity index (χ1v) is 13.7. The van der Waals surface area contributed by atoms with Gasteiger partial charge in [0.15, 0.2) is 11.5 Å². The maximum atomic E-state index is 12.8. The van der Waals surface area contributed by atoms with Crippen molar-refractivity contribution in [1.29, 1.82) is 0 Å². The zero-order chi connectivity index (χ0) is 25.8. The highest BCUT2D eigenvalue weighted by molar-refractivity contribution is 5.74. The molecule has 0 spiro atoms. The number of carbonyl (C=O) groups is 2. The van der Waals surface area contributed by atoms with Crippen LogP contribution in [-0.2, 0) is 20.7 Å². The van der Waals surface area contributed by atoms with E-state index in [1.807, 2.05) is 0 Å². The van der Waals surface area contributed by atoms with E-state index in [4.69, 9.17) is 14.2 Å². The Hall–Kier alpha value is -2.28. The third kappa shape index (κ3) is 5.99. The predicted molar refractivity (Wildman–Crippen MR) is 137 cm³/mol. The summed E-state index contributed by atoms with van der Waals surface area (Å²) in [7, 11) is 3.35. The first kappa shape index (κ1) is 26.8. The predicted octanol–water partition coefficient (Wildman–Crippen LogP) is 5.11. The van der Waals surface area contributed by atoms with Crippen LogP contribution in [0.4, 0.5) is 0 Å². The number of piperidine rings is 1. The standard InChI is InChI=1S/C29H43NO6/c1-18(2)11-21-16-30-10-9-20-13-26(34-3)27(35-4)15-24(20)25(30)12-22(21)17-36-28(31)14-19-7-5-6-8-23(19)29(32)33/h13,15,18-19,21-23,25H,5-12,14,16-17H2,1-4H3,(H,32,33)/t19-,21+,22-,23+,25+/m0/s1. The number of hydrogen-bond acceptors (Lipinski definition) is 6. The summed E-state index contributed by atoms with van der Waals surface area (Å²) in [6.45, 7) is 6.95. The van der Waals surface area contributed by atoms with Gasteiger partial charge in [-0.25, -0.2) is 0 Å². The van der Waals surface area contributed by atoms with Crippen LogP contribution >= 0.6 is 0 Å². The highest BCUT2D eigenvalue weighted by atomic mass is 16.5. The van der Waals surface area contributed by atoms with Gasteiger partial charge in [-0.1, -0.05) is 26.7 Å². The first-order valence-electron chi connectivity index (χ1n) is 13.7. The third-order valence-corrected chi connectivity index (χ3v) is 8.66. The Bertz CT molecular complexity index is 931. The number of carboxylic acid groups (broad SMARTS) is 1. The van der Waals surface area contributed by atoms with E-state index < -0.39 is 11.9 Å². The second-order valence-electron chi connectivity index (χ2n) is 11.4. The minimum atomic E-state index is -0.778. The van der Waals surface area contributed by atoms with E-state index in [9.17, 15) is 14.7 Å². The summed E-state index contributed by atoms with van der Waals surface area (Å²) in [5.74, 6) is 1.30. The number of esters is 1. The zero-order valence-electron chi connectivity index (χ0n) is 22.3. The molecule has 5 atom stereocenters. The molecule has 0 amide bonds. The van der Waals surface area contributed by atoms with Crippen LogP contribution in [0, 0.1) is 29.6 Å². The fraction of sp³-hybridized carbons (Fsp3) is 0.724. The van der Waals surface area contributed by atoms with Crippen LogP contribution in [0.5, 0.6) is 11.5 Å². The Balaban J connectivity index is 1.46. The zero-order valence-corrected chi connectivity index (χ0v) is 22.3. The molecule has 2 fully saturated rings. The second-order valence-corrected chi connectivity index (χ2v) is 11.4. The van der Waals surface area contributed by atoms with E-state index in [0.29, 0.717) is 24.9 Å². The van der Waals surface area contributed by atoms with Gasteiger partial charge in [0, 0.05) is 25.6 Å². The molecule has 0 bridgehead atoms. The minimum Gasteiger partial charge on any atom is -0.493 e. The van der Waals surface area contributed by atoms with E-state index in [1.54, 1.807) is 14.2 Å². The van der Waals surface area contributed by atoms with Crippen LogP contribution in [0.3, 0.4) is 0 Å². The summed E-state index contributed by atoms with van der Waals surface area (Å²) >= 11 is 0. The van der Waals surface area contributed by atoms with E-state index in [0.717, 1.165) is 63.1 Å². The number of aliphatic carboxylic acids is 1. The molecule has 3 aliphatic rings. The van der Waals surface area contributed by atoms with Gasteiger partial charge >= 0.3 is 11.9 Å². The molecule has 0 unspecified atom stereocenters. The van der Waals surface area contributed by atoms with E-state index in [2.05, 4.69) is 30.9 Å². The molecule has 1 saturated heterocycles. The van der Waals surface area contributed by atoms with Gasteiger partial charge in [-0.2, -0.15) is 0 Å². The number of ether oxygens (including phenoxy) is 3. The number of rotatable bonds is 9. The molecule has 7 heteroatoms. The SMILES string of the molecule is COc1cc2c(cc1OC)[C@H]1C[C@@H](COC(=O)C[C@@H]3CCCC[C@H]3C(=O)O)[C@H](CC(C)C)CN1CC2. The molecule has 2 heterocycles. The molecular formula is C29H43NO6. The maximum absolute atomic E-state index is 12.8. The Morgan fingerprint density at radius 1 is 1.06 bits per heavy atom. The molecule has 2 aliphatic heterocycles. The smallest absolute Gasteiger partial charge is 0.306 e. The Morgan fingerprint density at radius 3 is 2.47 bits per heavy atom. The van der Waals surface area contributed by atoms with Crippen molar-refractivity contribution >= 4 is 11.9 Å². The van der Waals surface area contributed by atoms with Crippen LogP contribution < -0.4 is 9.47 Å². The van der Waals surface area contributed by atoms with Gasteiger partial charge in [0.2, 0.25) is 0 Å². The van der Waals surface area contributed by atoms with Gasteiger partial charge in [-0.3, -0.25) is 14.5 Å². The number of methoxy groups -OCH3 is 2. The number of hydrogen-bond donors (Lipinski definition) is 1. The van der Waals surface area contributed by atoms with Gasteiger partial charge in [0.25, 0.3) is 0 Å². The summed E-state index contributed by atoms with van der Waals surface area (Å²) in [5, 5.41) is 9.56. The average Bonchev–Trinajstić information content (AvgIpc) is 2.86. The lowest BCUT2D eigenvalue weighted by molar-refractivity contribution is -0.151. The van der Waals surface area contributed by atoms with Crippen LogP contribution in [0.2, 0.25) is 0 Å². The molecule has 1 aromatic rings. The second kappa shape index (κ2) is 11.8. The van der Waals surface area contributed by atoms with Gasteiger partial charge < -0.3 is 19.3 Å². The number of carbonyl (C=O) groups excluding carboxylic acids is 1. The summed E-state index contributed by atoms with van der Waals surface area (Å²) in [6.07, 6.45) is 6.63. The topological polar surface area (TPSA) is 85.3 Å². The van der Waals surface area contributed by atoms with Crippen molar-refractivity contribution < 1.29 is 28.9 Å². The number of nitrogens with zero attached hydrogens (tertiary/aromatic N) is 1. The van der Waals surface area contributed by atoms with Gasteiger partial charge in [0.1, 0.15) is 0 Å². The summed E-state index contributed by atoms with van der Waals surface area (Å²) in [5.41, 5.74) is 2.61.